The molecule has 0 atom stereocenters. The van der Waals surface area contributed by atoms with E-state index >= 15 is 0 Å². The number of nitrogens with one attached hydrogen (secondary N) is 1. The highest BCUT2D eigenvalue weighted by Crippen LogP contribution is 2.37. The Morgan fingerprint density at radius 2 is 1.71 bits per heavy atom. The molecule has 0 saturated heterocycles. The number of nitrogens with zero attached hydrogens (tertiary/aromatic N) is 1. The summed E-state index contributed by atoms with van der Waals surface area (Å²) in [7, 11) is 0. The van der Waals surface area contributed by atoms with Crippen LogP contribution in [-0.4, -0.2) is 20.4 Å². The fourth-order valence-electron chi connectivity index (χ4n) is 1.74. The Hall–Kier alpha value is -1.24. The largest absolute Gasteiger partial charge is 0.433 e. The molecular weight excluding hydrogens is 301 g/mol. The Kier molecular flexibility index (Phi) is 4.98. The Bertz CT molecular complexity index is 522. The highest BCUT2D eigenvalue weighted by Gasteiger charge is 2.35. The number of anilines is 1. The molecule has 0 unspecified atom stereocenters. The molecule has 1 heterocycles. The summed E-state index contributed by atoms with van der Waals surface area (Å²) in [5.41, 5.74) is -1.03. The zero-order chi connectivity index (χ0) is 16.5. The summed E-state index contributed by atoms with van der Waals surface area (Å²) in [6.07, 6.45) is -4.53. The van der Waals surface area contributed by atoms with E-state index < -0.39 is 16.6 Å². The lowest BCUT2D eigenvalue weighted by molar-refractivity contribution is -0.141. The molecule has 1 amide bonds. The highest BCUT2D eigenvalue weighted by molar-refractivity contribution is 8.02. The Labute approximate surface area is 126 Å². The minimum atomic E-state index is -4.53. The Morgan fingerprint density at radius 1 is 1.14 bits per heavy atom. The van der Waals surface area contributed by atoms with Gasteiger partial charge in [-0.3, -0.25) is 4.79 Å². The van der Waals surface area contributed by atoms with Crippen molar-refractivity contribution in [2.24, 2.45) is 0 Å². The number of amides is 1. The number of carbonyl (C=O) groups is 1. The topological polar surface area (TPSA) is 42.0 Å². The zero-order valence-corrected chi connectivity index (χ0v) is 13.4. The summed E-state index contributed by atoms with van der Waals surface area (Å²) in [5, 5.41) is 2.45. The van der Waals surface area contributed by atoms with Gasteiger partial charge in [0.15, 0.2) is 0 Å². The third-order valence-electron chi connectivity index (χ3n) is 2.39. The molecule has 0 aromatic carbocycles. The van der Waals surface area contributed by atoms with Crippen LogP contribution in [0.25, 0.3) is 0 Å². The lowest BCUT2D eigenvalue weighted by Gasteiger charge is -2.30. The standard InChI is InChI=1S/C14H19F3N2OS/c1-12(2,3)21-13(4,5)11(20)19-10-8-6-7-9(18-10)14(15,16)17/h6-8H,1-5H3,(H,18,19,20). The van der Waals surface area contributed by atoms with Crippen molar-refractivity contribution >= 4 is 23.5 Å². The second-order valence-electron chi connectivity index (χ2n) is 6.08. The molecule has 0 aliphatic carbocycles. The van der Waals surface area contributed by atoms with E-state index in [1.807, 2.05) is 20.8 Å². The van der Waals surface area contributed by atoms with Crippen LogP contribution in [-0.2, 0) is 11.0 Å². The molecule has 0 radical (unpaired) electrons. The third-order valence-corrected chi connectivity index (χ3v) is 3.70. The van der Waals surface area contributed by atoms with Gasteiger partial charge in [-0.1, -0.05) is 26.8 Å². The molecule has 0 fully saturated rings. The summed E-state index contributed by atoms with van der Waals surface area (Å²) in [6.45, 7) is 9.36. The van der Waals surface area contributed by atoms with E-state index in [-0.39, 0.29) is 16.5 Å². The predicted molar refractivity (Wildman–Crippen MR) is 79.3 cm³/mol. The van der Waals surface area contributed by atoms with Crippen LogP contribution in [0.4, 0.5) is 19.0 Å². The maximum atomic E-state index is 12.6. The molecule has 1 aromatic heterocycles. The van der Waals surface area contributed by atoms with Crippen LogP contribution >= 0.6 is 11.8 Å². The Morgan fingerprint density at radius 3 is 2.19 bits per heavy atom. The van der Waals surface area contributed by atoms with Crippen molar-refractivity contribution in [2.75, 3.05) is 5.32 Å². The quantitative estimate of drug-likeness (QED) is 0.900. The van der Waals surface area contributed by atoms with Crippen LogP contribution in [0.5, 0.6) is 0 Å². The van der Waals surface area contributed by atoms with E-state index in [2.05, 4.69) is 10.3 Å². The second-order valence-corrected chi connectivity index (χ2v) is 8.53. The summed E-state index contributed by atoms with van der Waals surface area (Å²) in [4.78, 5) is 15.6. The summed E-state index contributed by atoms with van der Waals surface area (Å²) in [5.74, 6) is -0.480. The number of hydrogen-bond donors (Lipinski definition) is 1. The van der Waals surface area contributed by atoms with Crippen molar-refractivity contribution in [3.05, 3.63) is 23.9 Å². The summed E-state index contributed by atoms with van der Waals surface area (Å²) in [6, 6.07) is 3.42. The third kappa shape index (κ3) is 5.57. The molecule has 0 aliphatic rings. The minimum absolute atomic E-state index is 0.0996. The maximum Gasteiger partial charge on any atom is 0.433 e. The molecule has 7 heteroatoms. The van der Waals surface area contributed by atoms with Crippen molar-refractivity contribution in [1.82, 2.24) is 4.98 Å². The molecule has 0 bridgehead atoms. The average Bonchev–Trinajstić information content (AvgIpc) is 2.24. The van der Waals surface area contributed by atoms with E-state index in [4.69, 9.17) is 0 Å². The number of thioether (sulfide) groups is 1. The van der Waals surface area contributed by atoms with E-state index in [0.29, 0.717) is 0 Å². The van der Waals surface area contributed by atoms with Gasteiger partial charge in [-0.25, -0.2) is 4.98 Å². The monoisotopic (exact) mass is 320 g/mol. The van der Waals surface area contributed by atoms with Gasteiger partial charge in [0.1, 0.15) is 11.5 Å². The summed E-state index contributed by atoms with van der Waals surface area (Å²) >= 11 is 1.43. The molecular formula is C14H19F3N2OS. The van der Waals surface area contributed by atoms with Gasteiger partial charge in [0.2, 0.25) is 5.91 Å². The van der Waals surface area contributed by atoms with E-state index in [9.17, 15) is 18.0 Å². The number of rotatable bonds is 3. The average molecular weight is 320 g/mol. The van der Waals surface area contributed by atoms with Crippen LogP contribution in [0, 0.1) is 0 Å². The number of alkyl halides is 3. The SMILES string of the molecule is CC(C)(C)SC(C)(C)C(=O)Nc1cccc(C(F)(F)F)n1. The molecule has 118 valence electrons. The molecule has 1 aromatic rings. The van der Waals surface area contributed by atoms with Crippen molar-refractivity contribution in [2.45, 2.75) is 50.3 Å². The summed E-state index contributed by atoms with van der Waals surface area (Å²) < 4.78 is 36.8. The van der Waals surface area contributed by atoms with Gasteiger partial charge >= 0.3 is 6.18 Å². The van der Waals surface area contributed by atoms with Gasteiger partial charge in [0.05, 0.1) is 4.75 Å². The van der Waals surface area contributed by atoms with Crippen molar-refractivity contribution < 1.29 is 18.0 Å². The molecule has 0 aliphatic heterocycles. The van der Waals surface area contributed by atoms with Gasteiger partial charge in [-0.15, -0.1) is 11.8 Å². The van der Waals surface area contributed by atoms with E-state index in [1.165, 1.54) is 23.9 Å². The van der Waals surface area contributed by atoms with E-state index in [1.54, 1.807) is 13.8 Å². The van der Waals surface area contributed by atoms with Gasteiger partial charge in [-0.05, 0) is 26.0 Å². The van der Waals surface area contributed by atoms with Crippen LogP contribution in [0.15, 0.2) is 18.2 Å². The van der Waals surface area contributed by atoms with Crippen LogP contribution in [0.1, 0.15) is 40.3 Å². The van der Waals surface area contributed by atoms with E-state index in [0.717, 1.165) is 6.07 Å². The van der Waals surface area contributed by atoms with Crippen molar-refractivity contribution in [3.8, 4) is 0 Å². The zero-order valence-electron chi connectivity index (χ0n) is 12.6. The minimum Gasteiger partial charge on any atom is -0.309 e. The van der Waals surface area contributed by atoms with Crippen molar-refractivity contribution in [1.29, 1.82) is 0 Å². The van der Waals surface area contributed by atoms with Crippen LogP contribution < -0.4 is 5.32 Å². The van der Waals surface area contributed by atoms with Gasteiger partial charge in [0.25, 0.3) is 0 Å². The normalized spacial score (nSPS) is 13.1. The van der Waals surface area contributed by atoms with Crippen molar-refractivity contribution in [3.63, 3.8) is 0 Å². The van der Waals surface area contributed by atoms with Crippen LogP contribution in [0.3, 0.4) is 0 Å². The lowest BCUT2D eigenvalue weighted by atomic mass is 10.2. The maximum absolute atomic E-state index is 12.6. The highest BCUT2D eigenvalue weighted by atomic mass is 32.2. The fraction of sp³-hybridized carbons (Fsp3) is 0.571. The first-order valence-corrected chi connectivity index (χ1v) is 7.19. The number of hydrogen-bond acceptors (Lipinski definition) is 3. The smallest absolute Gasteiger partial charge is 0.309 e. The molecule has 1 rings (SSSR count). The van der Waals surface area contributed by atoms with Gasteiger partial charge in [-0.2, -0.15) is 13.2 Å². The predicted octanol–water partition coefficient (Wildman–Crippen LogP) is 4.35. The number of aromatic nitrogens is 1. The number of halogens is 3. The molecule has 1 N–H and O–H groups in total. The number of carbonyl (C=O) groups excluding carboxylic acids is 1. The first-order chi connectivity index (χ1) is 9.31. The first kappa shape index (κ1) is 17.8. The van der Waals surface area contributed by atoms with Gasteiger partial charge in [0, 0.05) is 4.75 Å². The molecule has 0 spiro atoms. The molecule has 3 nitrogen and oxygen atoms in total. The fourth-order valence-corrected chi connectivity index (χ4v) is 3.42. The van der Waals surface area contributed by atoms with Gasteiger partial charge < -0.3 is 5.32 Å². The first-order valence-electron chi connectivity index (χ1n) is 6.37. The number of pyridine rings is 1. The Balaban J connectivity index is 2.89. The van der Waals surface area contributed by atoms with Crippen LogP contribution in [0.2, 0.25) is 0 Å². The molecule has 21 heavy (non-hydrogen) atoms. The second kappa shape index (κ2) is 5.87. The molecule has 0 saturated carbocycles. The lowest BCUT2D eigenvalue weighted by Crippen LogP contribution is -2.37.